The van der Waals surface area contributed by atoms with Gasteiger partial charge in [0.2, 0.25) is 0 Å². The topological polar surface area (TPSA) is 36.0 Å². The van der Waals surface area contributed by atoms with E-state index in [0.29, 0.717) is 0 Å². The third-order valence-electron chi connectivity index (χ3n) is 6.96. The van der Waals surface area contributed by atoms with Crippen LogP contribution in [0.1, 0.15) is 33.6 Å². The largest absolute Gasteiger partial charge is 0.490 e. The van der Waals surface area contributed by atoms with Crippen molar-refractivity contribution < 1.29 is 9.53 Å². The molecule has 3 heterocycles. The molecule has 1 amide bonds. The zero-order valence-corrected chi connectivity index (χ0v) is 21.7. The maximum Gasteiger partial charge on any atom is 0.264 e. The minimum Gasteiger partial charge on any atom is -0.490 e. The number of carbonyl (C=O) groups is 1. The Hall–Kier alpha value is -2.54. The lowest BCUT2D eigenvalue weighted by molar-refractivity contribution is 0.0599. The second-order valence-corrected chi connectivity index (χ2v) is 10.8. The van der Waals surface area contributed by atoms with Crippen LogP contribution in [0.3, 0.4) is 0 Å². The van der Waals surface area contributed by atoms with Crippen LogP contribution in [0.2, 0.25) is 5.02 Å². The fourth-order valence-electron chi connectivity index (χ4n) is 4.87. The molecule has 2 aliphatic rings. The summed E-state index contributed by atoms with van der Waals surface area (Å²) in [6.07, 6.45) is 1.90. The van der Waals surface area contributed by atoms with Crippen molar-refractivity contribution in [2.24, 2.45) is 0 Å². The lowest BCUT2D eigenvalue weighted by atomic mass is 10.1. The number of hydrogen-bond donors (Lipinski definition) is 0. The number of amides is 1. The van der Waals surface area contributed by atoms with Gasteiger partial charge in [-0.25, -0.2) is 0 Å². The molecule has 0 unspecified atom stereocenters. The number of rotatable bonds is 6. The minimum absolute atomic E-state index is 0.161. The van der Waals surface area contributed by atoms with Crippen LogP contribution in [0.5, 0.6) is 5.75 Å². The lowest BCUT2D eigenvalue weighted by Crippen LogP contribution is -2.45. The van der Waals surface area contributed by atoms with E-state index in [1.165, 1.54) is 22.6 Å². The van der Waals surface area contributed by atoms with E-state index >= 15 is 0 Å². The molecule has 0 N–H and O–H groups in total. The van der Waals surface area contributed by atoms with Crippen LogP contribution in [-0.4, -0.2) is 61.1 Å². The molecule has 35 heavy (non-hydrogen) atoms. The van der Waals surface area contributed by atoms with Crippen LogP contribution in [-0.2, 0) is 6.54 Å². The SMILES string of the molecule is Cc1ccsc1C(=O)N1CCC(Oc2ccc(CN3CCN(c4cccc(Cl)c4)CC3)cc2)CC1. The fraction of sp³-hybridized carbons (Fsp3) is 0.393. The van der Waals surface area contributed by atoms with Crippen molar-refractivity contribution in [3.05, 3.63) is 81.0 Å². The van der Waals surface area contributed by atoms with Crippen molar-refractivity contribution >= 4 is 34.5 Å². The van der Waals surface area contributed by atoms with Crippen LogP contribution < -0.4 is 9.64 Å². The van der Waals surface area contributed by atoms with Gasteiger partial charge >= 0.3 is 0 Å². The molecule has 5 nitrogen and oxygen atoms in total. The molecule has 2 aromatic carbocycles. The van der Waals surface area contributed by atoms with E-state index in [-0.39, 0.29) is 12.0 Å². The molecule has 0 saturated carbocycles. The molecule has 0 aliphatic carbocycles. The number of hydrogen-bond acceptors (Lipinski definition) is 5. The summed E-state index contributed by atoms with van der Waals surface area (Å²) in [6, 6.07) is 18.7. The average Bonchev–Trinajstić information content (AvgIpc) is 3.31. The van der Waals surface area contributed by atoms with E-state index in [1.807, 2.05) is 41.5 Å². The fourth-order valence-corrected chi connectivity index (χ4v) is 5.95. The van der Waals surface area contributed by atoms with E-state index in [1.54, 1.807) is 0 Å². The molecule has 5 rings (SSSR count). The van der Waals surface area contributed by atoms with Crippen molar-refractivity contribution in [3.8, 4) is 5.75 Å². The second kappa shape index (κ2) is 11.0. The van der Waals surface area contributed by atoms with Gasteiger partial charge in [-0.15, -0.1) is 11.3 Å². The van der Waals surface area contributed by atoms with Crippen LogP contribution in [0.15, 0.2) is 60.0 Å². The van der Waals surface area contributed by atoms with Crippen LogP contribution >= 0.6 is 22.9 Å². The van der Waals surface area contributed by atoms with Gasteiger partial charge in [0.15, 0.2) is 0 Å². The Kier molecular flexibility index (Phi) is 7.61. The number of ether oxygens (including phenoxy) is 1. The quantitative estimate of drug-likeness (QED) is 0.426. The van der Waals surface area contributed by atoms with Gasteiger partial charge in [-0.3, -0.25) is 9.69 Å². The summed E-state index contributed by atoms with van der Waals surface area (Å²) in [5.74, 6) is 1.08. The highest BCUT2D eigenvalue weighted by molar-refractivity contribution is 7.12. The molecule has 1 aromatic heterocycles. The molecule has 184 valence electrons. The number of carbonyl (C=O) groups excluding carboxylic acids is 1. The first-order valence-electron chi connectivity index (χ1n) is 12.4. The maximum atomic E-state index is 12.7. The smallest absolute Gasteiger partial charge is 0.264 e. The van der Waals surface area contributed by atoms with Crippen molar-refractivity contribution in [1.29, 1.82) is 0 Å². The molecule has 0 atom stereocenters. The number of piperazine rings is 1. The third-order valence-corrected chi connectivity index (χ3v) is 8.20. The highest BCUT2D eigenvalue weighted by Gasteiger charge is 2.26. The zero-order chi connectivity index (χ0) is 24.2. The van der Waals surface area contributed by atoms with Gasteiger partial charge in [0.05, 0.1) is 4.88 Å². The first-order chi connectivity index (χ1) is 17.0. The van der Waals surface area contributed by atoms with Gasteiger partial charge < -0.3 is 14.5 Å². The summed E-state index contributed by atoms with van der Waals surface area (Å²) in [4.78, 5) is 20.5. The van der Waals surface area contributed by atoms with Gasteiger partial charge in [-0.2, -0.15) is 0 Å². The van der Waals surface area contributed by atoms with Gasteiger partial charge in [-0.1, -0.05) is 29.8 Å². The van der Waals surface area contributed by atoms with E-state index in [2.05, 4.69) is 40.1 Å². The van der Waals surface area contributed by atoms with E-state index in [4.69, 9.17) is 16.3 Å². The molecular formula is C28H32ClN3O2S. The van der Waals surface area contributed by atoms with Crippen molar-refractivity contribution in [2.75, 3.05) is 44.2 Å². The van der Waals surface area contributed by atoms with Gasteiger partial charge in [0, 0.05) is 69.4 Å². The predicted molar refractivity (Wildman–Crippen MR) is 144 cm³/mol. The van der Waals surface area contributed by atoms with Crippen LogP contribution in [0.4, 0.5) is 5.69 Å². The standard InChI is InChI=1S/C28H32ClN3O2S/c1-21-11-18-35-27(21)28(33)32-12-9-26(10-13-32)34-25-7-5-22(6-8-25)20-30-14-16-31(17-15-30)24-4-2-3-23(29)19-24/h2-8,11,18-19,26H,9-10,12-17,20H2,1H3. The monoisotopic (exact) mass is 509 g/mol. The zero-order valence-electron chi connectivity index (χ0n) is 20.2. The molecule has 2 aliphatic heterocycles. The summed E-state index contributed by atoms with van der Waals surface area (Å²) in [5, 5.41) is 2.78. The Morgan fingerprint density at radius 2 is 1.74 bits per heavy atom. The number of anilines is 1. The summed E-state index contributed by atoms with van der Waals surface area (Å²) >= 11 is 7.69. The Bertz CT molecular complexity index is 1130. The number of thiophene rings is 1. The number of benzene rings is 2. The van der Waals surface area contributed by atoms with E-state index in [0.717, 1.165) is 79.9 Å². The number of nitrogens with zero attached hydrogens (tertiary/aromatic N) is 3. The molecular weight excluding hydrogens is 478 g/mol. The van der Waals surface area contributed by atoms with Crippen LogP contribution in [0, 0.1) is 6.92 Å². The van der Waals surface area contributed by atoms with Crippen molar-refractivity contribution in [3.63, 3.8) is 0 Å². The summed E-state index contributed by atoms with van der Waals surface area (Å²) in [6.45, 7) is 8.54. The van der Waals surface area contributed by atoms with E-state index < -0.39 is 0 Å². The van der Waals surface area contributed by atoms with Gasteiger partial charge in [0.1, 0.15) is 11.9 Å². The highest BCUT2D eigenvalue weighted by atomic mass is 35.5. The summed E-state index contributed by atoms with van der Waals surface area (Å²) in [5.41, 5.74) is 3.58. The van der Waals surface area contributed by atoms with Gasteiger partial charge in [0.25, 0.3) is 5.91 Å². The maximum absolute atomic E-state index is 12.7. The number of piperidine rings is 1. The summed E-state index contributed by atoms with van der Waals surface area (Å²) in [7, 11) is 0. The second-order valence-electron chi connectivity index (χ2n) is 9.43. The number of likely N-dealkylation sites (tertiary alicyclic amines) is 1. The predicted octanol–water partition coefficient (Wildman–Crippen LogP) is 5.72. The molecule has 2 saturated heterocycles. The first-order valence-corrected chi connectivity index (χ1v) is 13.6. The number of halogens is 1. The summed E-state index contributed by atoms with van der Waals surface area (Å²) < 4.78 is 6.25. The van der Waals surface area contributed by atoms with Crippen molar-refractivity contribution in [1.82, 2.24) is 9.80 Å². The minimum atomic E-state index is 0.161. The van der Waals surface area contributed by atoms with E-state index in [9.17, 15) is 4.79 Å². The molecule has 0 radical (unpaired) electrons. The first kappa shape index (κ1) is 24.2. The average molecular weight is 510 g/mol. The molecule has 0 spiro atoms. The Labute approximate surface area is 216 Å². The molecule has 2 fully saturated rings. The van der Waals surface area contributed by atoms with Crippen molar-refractivity contribution in [2.45, 2.75) is 32.4 Å². The Morgan fingerprint density at radius 3 is 2.40 bits per heavy atom. The molecule has 3 aromatic rings. The molecule has 7 heteroatoms. The van der Waals surface area contributed by atoms with Crippen LogP contribution in [0.25, 0.3) is 0 Å². The Morgan fingerprint density at radius 1 is 1.00 bits per heavy atom. The number of aryl methyl sites for hydroxylation is 1. The van der Waals surface area contributed by atoms with Gasteiger partial charge in [-0.05, 0) is 59.8 Å². The Balaban J connectivity index is 1.06. The molecule has 0 bridgehead atoms. The highest BCUT2D eigenvalue weighted by Crippen LogP contribution is 2.25. The normalized spacial score (nSPS) is 17.5. The third kappa shape index (κ3) is 6.00. The lowest BCUT2D eigenvalue weighted by Gasteiger charge is -2.36.